The van der Waals surface area contributed by atoms with Crippen molar-refractivity contribution in [2.75, 3.05) is 19.7 Å². The summed E-state index contributed by atoms with van der Waals surface area (Å²) in [5, 5.41) is 5.65. The fraction of sp³-hybridized carbons (Fsp3) is 0.533. The van der Waals surface area contributed by atoms with E-state index in [1.54, 1.807) is 0 Å². The first-order valence-corrected chi connectivity index (χ1v) is 7.21. The summed E-state index contributed by atoms with van der Waals surface area (Å²) >= 11 is 0. The fourth-order valence-electron chi connectivity index (χ4n) is 2.35. The number of ether oxygens (including phenoxy) is 1. The molecule has 0 aliphatic carbocycles. The van der Waals surface area contributed by atoms with Crippen LogP contribution in [0.1, 0.15) is 24.0 Å². The van der Waals surface area contributed by atoms with Crippen LogP contribution in [0.15, 0.2) is 24.3 Å². The van der Waals surface area contributed by atoms with E-state index in [4.69, 9.17) is 4.74 Å². The molecule has 0 aromatic heterocycles. The van der Waals surface area contributed by atoms with Crippen LogP contribution in [0.25, 0.3) is 0 Å². The van der Waals surface area contributed by atoms with Gasteiger partial charge in [-0.1, -0.05) is 18.2 Å². The highest BCUT2D eigenvalue weighted by molar-refractivity contribution is 5.77. The summed E-state index contributed by atoms with van der Waals surface area (Å²) in [5.74, 6) is -0.407. The van der Waals surface area contributed by atoms with E-state index < -0.39 is 17.6 Å². The second-order valence-electron chi connectivity index (χ2n) is 5.19. The lowest BCUT2D eigenvalue weighted by Gasteiger charge is -2.22. The lowest BCUT2D eigenvalue weighted by atomic mass is 10.1. The molecule has 1 amide bonds. The minimum Gasteiger partial charge on any atom is -0.368 e. The number of piperidine rings is 1. The summed E-state index contributed by atoms with van der Waals surface area (Å²) in [6, 6.07) is 5.21. The van der Waals surface area contributed by atoms with E-state index in [0.717, 1.165) is 32.0 Å². The Kier molecular flexibility index (Phi) is 5.79. The molecule has 7 heteroatoms. The number of carbonyl (C=O) groups is 1. The minimum atomic E-state index is -4.42. The lowest BCUT2D eigenvalue weighted by molar-refractivity contribution is -0.138. The second kappa shape index (κ2) is 7.60. The van der Waals surface area contributed by atoms with Crippen molar-refractivity contribution in [1.82, 2.24) is 10.6 Å². The maximum absolute atomic E-state index is 12.8. The lowest BCUT2D eigenvalue weighted by Crippen LogP contribution is -2.35. The molecule has 22 heavy (non-hydrogen) atoms. The number of carbonyl (C=O) groups excluding carboxylic acids is 1. The standard InChI is InChI=1S/C15H19F3N2O2/c16-15(17,18)13-4-2-1-3-11(13)9-20-14(21)10-22-12-5-7-19-8-6-12/h1-4,12,19H,5-10H2,(H,20,21). The van der Waals surface area contributed by atoms with Crippen molar-refractivity contribution in [3.8, 4) is 0 Å². The third-order valence-corrected chi connectivity index (χ3v) is 3.54. The largest absolute Gasteiger partial charge is 0.416 e. The van der Waals surface area contributed by atoms with Gasteiger partial charge in [0.2, 0.25) is 5.91 Å². The molecule has 1 saturated heterocycles. The third-order valence-electron chi connectivity index (χ3n) is 3.54. The molecule has 0 atom stereocenters. The van der Waals surface area contributed by atoms with E-state index in [2.05, 4.69) is 10.6 Å². The summed E-state index contributed by atoms with van der Waals surface area (Å²) in [6.45, 7) is 1.42. The van der Waals surface area contributed by atoms with E-state index in [-0.39, 0.29) is 24.8 Å². The molecule has 2 rings (SSSR count). The highest BCUT2D eigenvalue weighted by Gasteiger charge is 2.32. The summed E-state index contributed by atoms with van der Waals surface area (Å²) in [7, 11) is 0. The van der Waals surface area contributed by atoms with Gasteiger partial charge in [-0.2, -0.15) is 13.2 Å². The molecule has 4 nitrogen and oxygen atoms in total. The van der Waals surface area contributed by atoms with Crippen LogP contribution in [0.3, 0.4) is 0 Å². The van der Waals surface area contributed by atoms with Crippen molar-refractivity contribution >= 4 is 5.91 Å². The Bertz CT molecular complexity index is 500. The molecule has 1 aliphatic heterocycles. The SMILES string of the molecule is O=C(COC1CCNCC1)NCc1ccccc1C(F)(F)F. The molecule has 1 aliphatic rings. The van der Waals surface area contributed by atoms with Crippen LogP contribution in [0.4, 0.5) is 13.2 Å². The van der Waals surface area contributed by atoms with Gasteiger partial charge in [0.25, 0.3) is 0 Å². The van der Waals surface area contributed by atoms with Gasteiger partial charge in [0.05, 0.1) is 11.7 Å². The molecule has 1 aromatic rings. The number of halogens is 3. The summed E-state index contributed by atoms with van der Waals surface area (Å²) < 4.78 is 43.9. The Hall–Kier alpha value is -1.60. The molecule has 0 saturated carbocycles. The molecule has 1 fully saturated rings. The molecule has 0 bridgehead atoms. The number of alkyl halides is 3. The molecular formula is C15H19F3N2O2. The van der Waals surface area contributed by atoms with E-state index in [1.807, 2.05) is 0 Å². The van der Waals surface area contributed by atoms with Gasteiger partial charge in [-0.25, -0.2) is 0 Å². The van der Waals surface area contributed by atoms with Crippen LogP contribution in [-0.4, -0.2) is 31.7 Å². The summed E-state index contributed by atoms with van der Waals surface area (Å²) in [4.78, 5) is 11.7. The van der Waals surface area contributed by atoms with Crippen molar-refractivity contribution in [3.05, 3.63) is 35.4 Å². The van der Waals surface area contributed by atoms with E-state index in [0.29, 0.717) is 0 Å². The quantitative estimate of drug-likeness (QED) is 0.874. The molecule has 0 spiro atoms. The number of amides is 1. The second-order valence-corrected chi connectivity index (χ2v) is 5.19. The number of nitrogens with one attached hydrogen (secondary N) is 2. The van der Waals surface area contributed by atoms with Crippen LogP contribution in [0.5, 0.6) is 0 Å². The van der Waals surface area contributed by atoms with Crippen molar-refractivity contribution in [1.29, 1.82) is 0 Å². The Labute approximate surface area is 127 Å². The van der Waals surface area contributed by atoms with Crippen molar-refractivity contribution in [2.45, 2.75) is 31.7 Å². The monoisotopic (exact) mass is 316 g/mol. The smallest absolute Gasteiger partial charge is 0.368 e. The average Bonchev–Trinajstić information content (AvgIpc) is 2.51. The van der Waals surface area contributed by atoms with Crippen LogP contribution < -0.4 is 10.6 Å². The third kappa shape index (κ3) is 4.99. The van der Waals surface area contributed by atoms with Crippen LogP contribution in [0.2, 0.25) is 0 Å². The van der Waals surface area contributed by atoms with Crippen LogP contribution >= 0.6 is 0 Å². The molecule has 0 radical (unpaired) electrons. The fourth-order valence-corrected chi connectivity index (χ4v) is 2.35. The highest BCUT2D eigenvalue weighted by Crippen LogP contribution is 2.31. The van der Waals surface area contributed by atoms with Gasteiger partial charge < -0.3 is 15.4 Å². The molecule has 0 unspecified atom stereocenters. The zero-order chi connectivity index (χ0) is 16.0. The van der Waals surface area contributed by atoms with Crippen LogP contribution in [-0.2, 0) is 22.3 Å². The summed E-state index contributed by atoms with van der Waals surface area (Å²) in [5.41, 5.74) is -0.681. The molecule has 1 aromatic carbocycles. The maximum Gasteiger partial charge on any atom is 0.416 e. The number of hydrogen-bond acceptors (Lipinski definition) is 3. The van der Waals surface area contributed by atoms with Gasteiger partial charge in [-0.3, -0.25) is 4.79 Å². The zero-order valence-electron chi connectivity index (χ0n) is 12.1. The molecular weight excluding hydrogens is 297 g/mol. The van der Waals surface area contributed by atoms with Crippen molar-refractivity contribution < 1.29 is 22.7 Å². The van der Waals surface area contributed by atoms with Crippen LogP contribution in [0, 0.1) is 0 Å². The average molecular weight is 316 g/mol. The van der Waals surface area contributed by atoms with Gasteiger partial charge in [0.15, 0.2) is 0 Å². The Morgan fingerprint density at radius 3 is 2.64 bits per heavy atom. The topological polar surface area (TPSA) is 50.4 Å². The molecule has 122 valence electrons. The summed E-state index contributed by atoms with van der Waals surface area (Å²) in [6.07, 6.45) is -2.71. The predicted molar refractivity (Wildman–Crippen MR) is 75.1 cm³/mol. The molecule has 2 N–H and O–H groups in total. The van der Waals surface area contributed by atoms with E-state index in [9.17, 15) is 18.0 Å². The first-order chi connectivity index (χ1) is 10.5. The van der Waals surface area contributed by atoms with E-state index >= 15 is 0 Å². The number of hydrogen-bond donors (Lipinski definition) is 2. The Morgan fingerprint density at radius 2 is 1.95 bits per heavy atom. The van der Waals surface area contributed by atoms with Crippen molar-refractivity contribution in [3.63, 3.8) is 0 Å². The first-order valence-electron chi connectivity index (χ1n) is 7.21. The van der Waals surface area contributed by atoms with Gasteiger partial charge in [0.1, 0.15) is 6.61 Å². The van der Waals surface area contributed by atoms with Gasteiger partial charge in [-0.15, -0.1) is 0 Å². The number of rotatable bonds is 5. The predicted octanol–water partition coefficient (Wildman–Crippen LogP) is 2.09. The molecule has 1 heterocycles. The number of benzene rings is 1. The zero-order valence-corrected chi connectivity index (χ0v) is 12.1. The maximum atomic E-state index is 12.8. The normalized spacial score (nSPS) is 16.5. The van der Waals surface area contributed by atoms with Crippen molar-refractivity contribution in [2.24, 2.45) is 0 Å². The van der Waals surface area contributed by atoms with Gasteiger partial charge in [-0.05, 0) is 37.6 Å². The van der Waals surface area contributed by atoms with Gasteiger partial charge >= 0.3 is 6.18 Å². The van der Waals surface area contributed by atoms with E-state index in [1.165, 1.54) is 18.2 Å². The first kappa shape index (κ1) is 16.8. The Balaban J connectivity index is 1.81. The van der Waals surface area contributed by atoms with Gasteiger partial charge in [0, 0.05) is 6.54 Å². The minimum absolute atomic E-state index is 0.0365. The Morgan fingerprint density at radius 1 is 1.27 bits per heavy atom. The highest BCUT2D eigenvalue weighted by atomic mass is 19.4.